The Labute approximate surface area is 133 Å². The van der Waals surface area contributed by atoms with Crippen molar-refractivity contribution in [2.24, 2.45) is 0 Å². The van der Waals surface area contributed by atoms with Crippen molar-refractivity contribution in [2.75, 3.05) is 25.4 Å². The quantitative estimate of drug-likeness (QED) is 0.912. The highest BCUT2D eigenvalue weighted by Crippen LogP contribution is 2.40. The van der Waals surface area contributed by atoms with E-state index in [-0.39, 0.29) is 0 Å². The van der Waals surface area contributed by atoms with Crippen LogP contribution in [0.1, 0.15) is 44.6 Å². The third-order valence-electron chi connectivity index (χ3n) is 4.96. The van der Waals surface area contributed by atoms with Gasteiger partial charge in [-0.05, 0) is 37.9 Å². The van der Waals surface area contributed by atoms with Crippen LogP contribution in [0.25, 0.3) is 0 Å². The maximum Gasteiger partial charge on any atom is 0.0195 e. The molecule has 1 aromatic carbocycles. The second-order valence-corrected chi connectivity index (χ2v) is 7.64. The molecule has 0 bridgehead atoms. The summed E-state index contributed by atoms with van der Waals surface area (Å²) in [4.78, 5) is 4.25. The van der Waals surface area contributed by atoms with Crippen LogP contribution in [0.4, 0.5) is 0 Å². The number of rotatable bonds is 4. The van der Waals surface area contributed by atoms with Crippen molar-refractivity contribution in [3.05, 3.63) is 29.8 Å². The van der Waals surface area contributed by atoms with E-state index in [9.17, 15) is 0 Å². The molecule has 21 heavy (non-hydrogen) atoms. The molecular formula is C18H28N2S. The van der Waals surface area contributed by atoms with Crippen molar-refractivity contribution in [1.29, 1.82) is 0 Å². The predicted octanol–water partition coefficient (Wildman–Crippen LogP) is 3.73. The zero-order valence-electron chi connectivity index (χ0n) is 13.3. The van der Waals surface area contributed by atoms with E-state index in [4.69, 9.17) is 0 Å². The lowest BCUT2D eigenvalue weighted by molar-refractivity contribution is 0.193. The van der Waals surface area contributed by atoms with Crippen molar-refractivity contribution in [1.82, 2.24) is 10.2 Å². The van der Waals surface area contributed by atoms with Gasteiger partial charge < -0.3 is 5.32 Å². The lowest BCUT2D eigenvalue weighted by Crippen LogP contribution is -2.42. The van der Waals surface area contributed by atoms with Crippen molar-refractivity contribution < 1.29 is 0 Å². The number of nitrogens with zero attached hydrogens (tertiary/aromatic N) is 1. The predicted molar refractivity (Wildman–Crippen MR) is 92.3 cm³/mol. The first-order chi connectivity index (χ1) is 10.3. The summed E-state index contributed by atoms with van der Waals surface area (Å²) >= 11 is 2.04. The summed E-state index contributed by atoms with van der Waals surface area (Å²) in [6.45, 7) is 8.33. The Balaban J connectivity index is 1.68. The molecule has 2 aliphatic heterocycles. The molecular weight excluding hydrogens is 276 g/mol. The van der Waals surface area contributed by atoms with Crippen LogP contribution in [0.5, 0.6) is 0 Å². The van der Waals surface area contributed by atoms with Gasteiger partial charge in [0.15, 0.2) is 0 Å². The zero-order chi connectivity index (χ0) is 14.7. The van der Waals surface area contributed by atoms with Crippen LogP contribution in [0.2, 0.25) is 0 Å². The maximum atomic E-state index is 3.74. The molecule has 0 saturated carbocycles. The summed E-state index contributed by atoms with van der Waals surface area (Å²) in [5.74, 6) is 1.98. The van der Waals surface area contributed by atoms with E-state index in [2.05, 4.69) is 48.3 Å². The van der Waals surface area contributed by atoms with Crippen LogP contribution in [0.3, 0.4) is 0 Å². The van der Waals surface area contributed by atoms with Crippen molar-refractivity contribution in [3.8, 4) is 0 Å². The molecule has 0 aliphatic carbocycles. The Morgan fingerprint density at radius 2 is 2.19 bits per heavy atom. The third-order valence-corrected chi connectivity index (χ3v) is 6.22. The molecule has 2 nitrogen and oxygen atoms in total. The third kappa shape index (κ3) is 3.64. The highest BCUT2D eigenvalue weighted by molar-refractivity contribution is 7.99. The fraction of sp³-hybridized carbons (Fsp3) is 0.667. The largest absolute Gasteiger partial charge is 0.313 e. The van der Waals surface area contributed by atoms with E-state index in [1.54, 1.807) is 5.56 Å². The second-order valence-electron chi connectivity index (χ2n) is 6.58. The molecule has 3 heteroatoms. The van der Waals surface area contributed by atoms with E-state index in [0.29, 0.717) is 18.0 Å². The molecule has 3 rings (SSSR count). The van der Waals surface area contributed by atoms with Crippen LogP contribution in [0.15, 0.2) is 29.2 Å². The summed E-state index contributed by atoms with van der Waals surface area (Å²) in [5, 5.41) is 3.74. The van der Waals surface area contributed by atoms with Gasteiger partial charge in [-0.2, -0.15) is 0 Å². The van der Waals surface area contributed by atoms with Gasteiger partial charge in [-0.25, -0.2) is 0 Å². The Morgan fingerprint density at radius 3 is 3.05 bits per heavy atom. The molecule has 3 unspecified atom stereocenters. The molecule has 1 N–H and O–H groups in total. The number of benzene rings is 1. The summed E-state index contributed by atoms with van der Waals surface area (Å²) in [5.41, 5.74) is 1.58. The molecule has 2 aliphatic rings. The van der Waals surface area contributed by atoms with Gasteiger partial charge in [0.05, 0.1) is 0 Å². The highest BCUT2D eigenvalue weighted by atomic mass is 32.2. The van der Waals surface area contributed by atoms with E-state index in [1.165, 1.54) is 49.5 Å². The normalized spacial score (nSPS) is 30.1. The Hall–Kier alpha value is -0.510. The van der Waals surface area contributed by atoms with Crippen molar-refractivity contribution in [3.63, 3.8) is 0 Å². The topological polar surface area (TPSA) is 15.3 Å². The lowest BCUT2D eigenvalue weighted by atomic mass is 9.99. The first kappa shape index (κ1) is 15.4. The average Bonchev–Trinajstić information content (AvgIpc) is 2.81. The lowest BCUT2D eigenvalue weighted by Gasteiger charge is -2.31. The monoisotopic (exact) mass is 304 g/mol. The number of hydrogen-bond acceptors (Lipinski definition) is 3. The molecule has 1 aromatic rings. The molecule has 0 aromatic heterocycles. The minimum atomic E-state index is 0.684. The summed E-state index contributed by atoms with van der Waals surface area (Å²) < 4.78 is 0. The van der Waals surface area contributed by atoms with Crippen molar-refractivity contribution in [2.45, 2.75) is 56.0 Å². The summed E-state index contributed by atoms with van der Waals surface area (Å²) in [6.07, 6.45) is 3.86. The first-order valence-corrected chi connectivity index (χ1v) is 9.45. The van der Waals surface area contributed by atoms with Crippen LogP contribution >= 0.6 is 11.8 Å². The molecule has 3 atom stereocenters. The minimum Gasteiger partial charge on any atom is -0.313 e. The van der Waals surface area contributed by atoms with Crippen LogP contribution in [-0.2, 0) is 0 Å². The fourth-order valence-corrected chi connectivity index (χ4v) is 4.91. The summed E-state index contributed by atoms with van der Waals surface area (Å²) in [7, 11) is 0. The van der Waals surface area contributed by atoms with Gasteiger partial charge in [0, 0.05) is 41.7 Å². The summed E-state index contributed by atoms with van der Waals surface area (Å²) in [6, 6.07) is 10.4. The minimum absolute atomic E-state index is 0.684. The zero-order valence-corrected chi connectivity index (χ0v) is 14.2. The number of fused-ring (bicyclic) bond motifs is 1. The van der Waals surface area contributed by atoms with Gasteiger partial charge in [-0.3, -0.25) is 4.90 Å². The van der Waals surface area contributed by atoms with Gasteiger partial charge in [-0.1, -0.05) is 31.5 Å². The van der Waals surface area contributed by atoms with E-state index < -0.39 is 0 Å². The van der Waals surface area contributed by atoms with Crippen LogP contribution in [0, 0.1) is 0 Å². The number of nitrogens with one attached hydrogen (secondary N) is 1. The van der Waals surface area contributed by atoms with E-state index in [1.807, 2.05) is 11.8 Å². The van der Waals surface area contributed by atoms with Gasteiger partial charge in [-0.15, -0.1) is 11.8 Å². The molecule has 0 spiro atoms. The van der Waals surface area contributed by atoms with Crippen LogP contribution < -0.4 is 5.32 Å². The highest BCUT2D eigenvalue weighted by Gasteiger charge is 2.29. The second kappa shape index (κ2) is 7.17. The molecule has 0 radical (unpaired) electrons. The average molecular weight is 305 g/mol. The fourth-order valence-electron chi connectivity index (χ4n) is 3.67. The van der Waals surface area contributed by atoms with Gasteiger partial charge in [0.2, 0.25) is 0 Å². The Bertz CT molecular complexity index is 462. The smallest absolute Gasteiger partial charge is 0.0195 e. The Morgan fingerprint density at radius 1 is 1.33 bits per heavy atom. The first-order valence-electron chi connectivity index (χ1n) is 8.47. The van der Waals surface area contributed by atoms with Crippen LogP contribution in [-0.4, -0.2) is 42.4 Å². The number of thioether (sulfide) groups is 1. The Kier molecular flexibility index (Phi) is 5.25. The molecule has 116 valence electrons. The van der Waals surface area contributed by atoms with E-state index >= 15 is 0 Å². The maximum absolute atomic E-state index is 3.74. The van der Waals surface area contributed by atoms with Crippen molar-refractivity contribution >= 4 is 11.8 Å². The molecule has 2 heterocycles. The SMILES string of the molecule is CCCC1CN(CC2CSc3ccccc32)C(C)CCN1. The van der Waals surface area contributed by atoms with Gasteiger partial charge in [0.1, 0.15) is 0 Å². The number of hydrogen-bond donors (Lipinski definition) is 1. The molecule has 1 fully saturated rings. The van der Waals surface area contributed by atoms with E-state index in [0.717, 1.165) is 0 Å². The molecule has 0 amide bonds. The van der Waals surface area contributed by atoms with Gasteiger partial charge >= 0.3 is 0 Å². The molecule has 1 saturated heterocycles. The standard InChI is InChI=1S/C18H28N2S/c1-3-6-16-12-20(14(2)9-10-19-16)11-15-13-21-18-8-5-4-7-17(15)18/h4-5,7-8,14-16,19H,3,6,9-13H2,1-2H3. The van der Waals surface area contributed by atoms with Gasteiger partial charge in [0.25, 0.3) is 0 Å².